The smallest absolute Gasteiger partial charge is 0.328 e. The molecule has 6 heteroatoms. The lowest BCUT2D eigenvalue weighted by molar-refractivity contribution is -0.131. The molecule has 1 fully saturated rings. The number of hydrogen-bond donors (Lipinski definition) is 2. The van der Waals surface area contributed by atoms with Crippen molar-refractivity contribution in [1.82, 2.24) is 9.97 Å². The Morgan fingerprint density at radius 3 is 2.83 bits per heavy atom. The van der Waals surface area contributed by atoms with Crippen LogP contribution < -0.4 is 10.6 Å². The highest BCUT2D eigenvalue weighted by Gasteiger charge is 2.17. The van der Waals surface area contributed by atoms with Crippen molar-refractivity contribution in [3.63, 3.8) is 0 Å². The van der Waals surface area contributed by atoms with Gasteiger partial charge >= 0.3 is 5.97 Å². The van der Waals surface area contributed by atoms with Crippen LogP contribution in [0.2, 0.25) is 0 Å². The molecule has 1 aliphatic heterocycles. The predicted octanol–water partition coefficient (Wildman–Crippen LogP) is 2.17. The molecule has 1 aromatic heterocycles. The van der Waals surface area contributed by atoms with E-state index in [-0.39, 0.29) is 6.04 Å². The molecule has 1 aromatic carbocycles. The van der Waals surface area contributed by atoms with Gasteiger partial charge in [0.05, 0.1) is 18.1 Å². The quantitative estimate of drug-likeness (QED) is 0.837. The van der Waals surface area contributed by atoms with Crippen molar-refractivity contribution < 1.29 is 9.90 Å². The van der Waals surface area contributed by atoms with Gasteiger partial charge < -0.3 is 15.7 Å². The lowest BCUT2D eigenvalue weighted by atomic mass is 10.1. The van der Waals surface area contributed by atoms with E-state index in [4.69, 9.17) is 15.8 Å². The first-order chi connectivity index (χ1) is 11.6. The summed E-state index contributed by atoms with van der Waals surface area (Å²) in [4.78, 5) is 21.9. The molecule has 0 unspecified atom stereocenters. The molecular formula is C18H20N4O2. The number of benzene rings is 1. The zero-order chi connectivity index (χ0) is 16.9. The van der Waals surface area contributed by atoms with Gasteiger partial charge in [-0.25, -0.2) is 9.78 Å². The lowest BCUT2D eigenvalue weighted by Crippen LogP contribution is -2.40. The number of aliphatic carboxylic acids is 1. The number of aromatic nitrogens is 2. The molecule has 0 bridgehead atoms. The maximum absolute atomic E-state index is 10.6. The molecule has 0 aliphatic carbocycles. The van der Waals surface area contributed by atoms with E-state index in [0.29, 0.717) is 0 Å². The van der Waals surface area contributed by atoms with Gasteiger partial charge in [-0.3, -0.25) is 4.98 Å². The van der Waals surface area contributed by atoms with Gasteiger partial charge in [0, 0.05) is 30.8 Å². The van der Waals surface area contributed by atoms with Crippen molar-refractivity contribution in [3.8, 4) is 11.3 Å². The molecule has 0 saturated carbocycles. The van der Waals surface area contributed by atoms with Crippen LogP contribution in [0.1, 0.15) is 18.4 Å². The standard InChI is InChI=1S/C18H20N4O2/c19-15-6-8-22(9-7-15)17-12-20-11-16(21-17)14-3-1-2-13(10-14)4-5-18(23)24/h1-5,10-12,15H,6-9,19H2,(H,23,24). The zero-order valence-corrected chi connectivity index (χ0v) is 13.3. The minimum absolute atomic E-state index is 0.273. The highest BCUT2D eigenvalue weighted by Crippen LogP contribution is 2.22. The van der Waals surface area contributed by atoms with Crippen LogP contribution >= 0.6 is 0 Å². The first-order valence-corrected chi connectivity index (χ1v) is 7.96. The Bertz CT molecular complexity index is 752. The fraction of sp³-hybridized carbons (Fsp3) is 0.278. The Morgan fingerprint density at radius 2 is 2.08 bits per heavy atom. The molecule has 24 heavy (non-hydrogen) atoms. The van der Waals surface area contributed by atoms with Crippen LogP contribution in [0.3, 0.4) is 0 Å². The second-order valence-electron chi connectivity index (χ2n) is 5.88. The fourth-order valence-corrected chi connectivity index (χ4v) is 2.74. The number of nitrogens with two attached hydrogens (primary N) is 1. The van der Waals surface area contributed by atoms with Crippen LogP contribution in [-0.2, 0) is 4.79 Å². The normalized spacial score (nSPS) is 15.8. The van der Waals surface area contributed by atoms with E-state index in [1.165, 1.54) is 0 Å². The Hall–Kier alpha value is -2.73. The van der Waals surface area contributed by atoms with Gasteiger partial charge in [0.15, 0.2) is 0 Å². The molecule has 3 rings (SSSR count). The molecule has 0 amide bonds. The average molecular weight is 324 g/mol. The number of carboxylic acid groups (broad SMARTS) is 1. The number of anilines is 1. The van der Waals surface area contributed by atoms with Crippen molar-refractivity contribution >= 4 is 17.9 Å². The first-order valence-electron chi connectivity index (χ1n) is 7.96. The average Bonchev–Trinajstić information content (AvgIpc) is 2.61. The van der Waals surface area contributed by atoms with E-state index in [2.05, 4.69) is 9.88 Å². The third-order valence-electron chi connectivity index (χ3n) is 4.09. The van der Waals surface area contributed by atoms with Crippen molar-refractivity contribution in [2.45, 2.75) is 18.9 Å². The van der Waals surface area contributed by atoms with E-state index in [1.807, 2.05) is 24.3 Å². The minimum atomic E-state index is -0.967. The van der Waals surface area contributed by atoms with Crippen molar-refractivity contribution in [2.24, 2.45) is 5.73 Å². The van der Waals surface area contributed by atoms with Crippen LogP contribution in [0, 0.1) is 0 Å². The van der Waals surface area contributed by atoms with Gasteiger partial charge in [0.1, 0.15) is 5.82 Å². The number of carbonyl (C=O) groups is 1. The number of rotatable bonds is 4. The van der Waals surface area contributed by atoms with Gasteiger partial charge in [0.2, 0.25) is 0 Å². The van der Waals surface area contributed by atoms with Crippen LogP contribution in [0.4, 0.5) is 5.82 Å². The summed E-state index contributed by atoms with van der Waals surface area (Å²) in [5.74, 6) is -0.114. The van der Waals surface area contributed by atoms with Crippen molar-refractivity contribution in [1.29, 1.82) is 0 Å². The zero-order valence-electron chi connectivity index (χ0n) is 13.3. The van der Waals surface area contributed by atoms with Gasteiger partial charge in [-0.15, -0.1) is 0 Å². The third kappa shape index (κ3) is 3.97. The molecule has 0 atom stereocenters. The molecular weight excluding hydrogens is 304 g/mol. The molecule has 0 spiro atoms. The molecule has 1 saturated heterocycles. The lowest BCUT2D eigenvalue weighted by Gasteiger charge is -2.30. The summed E-state index contributed by atoms with van der Waals surface area (Å²) in [6, 6.07) is 7.85. The van der Waals surface area contributed by atoms with Crippen LogP contribution in [0.15, 0.2) is 42.7 Å². The second kappa shape index (κ2) is 7.23. The maximum atomic E-state index is 10.6. The summed E-state index contributed by atoms with van der Waals surface area (Å²) < 4.78 is 0. The molecule has 3 N–H and O–H groups in total. The monoisotopic (exact) mass is 324 g/mol. The second-order valence-corrected chi connectivity index (χ2v) is 5.88. The molecule has 1 aliphatic rings. The van der Waals surface area contributed by atoms with E-state index in [1.54, 1.807) is 18.5 Å². The molecule has 2 aromatic rings. The number of nitrogens with zero attached hydrogens (tertiary/aromatic N) is 3. The van der Waals surface area contributed by atoms with Gasteiger partial charge in [-0.05, 0) is 30.5 Å². The molecule has 2 heterocycles. The third-order valence-corrected chi connectivity index (χ3v) is 4.09. The van der Waals surface area contributed by atoms with Gasteiger partial charge in [-0.2, -0.15) is 0 Å². The minimum Gasteiger partial charge on any atom is -0.478 e. The molecule has 124 valence electrons. The fourth-order valence-electron chi connectivity index (χ4n) is 2.74. The summed E-state index contributed by atoms with van der Waals surface area (Å²) in [6.07, 6.45) is 8.10. The largest absolute Gasteiger partial charge is 0.478 e. The Kier molecular flexibility index (Phi) is 4.86. The van der Waals surface area contributed by atoms with Gasteiger partial charge in [-0.1, -0.05) is 18.2 Å². The Labute approximate surface area is 140 Å². The highest BCUT2D eigenvalue weighted by atomic mass is 16.4. The van der Waals surface area contributed by atoms with E-state index in [0.717, 1.165) is 54.6 Å². The summed E-state index contributed by atoms with van der Waals surface area (Å²) in [7, 11) is 0. The SMILES string of the molecule is NC1CCN(c2cncc(-c3cccc(C=CC(=O)O)c3)n2)CC1. The topological polar surface area (TPSA) is 92.3 Å². The van der Waals surface area contributed by atoms with Crippen LogP contribution in [0.5, 0.6) is 0 Å². The van der Waals surface area contributed by atoms with Gasteiger partial charge in [0.25, 0.3) is 0 Å². The summed E-state index contributed by atoms with van der Waals surface area (Å²) in [5.41, 5.74) is 8.44. The molecule has 0 radical (unpaired) electrons. The number of carboxylic acids is 1. The molecule has 6 nitrogen and oxygen atoms in total. The Balaban J connectivity index is 1.83. The van der Waals surface area contributed by atoms with E-state index >= 15 is 0 Å². The first kappa shape index (κ1) is 16.1. The summed E-state index contributed by atoms with van der Waals surface area (Å²) in [6.45, 7) is 1.78. The maximum Gasteiger partial charge on any atom is 0.328 e. The van der Waals surface area contributed by atoms with Crippen molar-refractivity contribution in [2.75, 3.05) is 18.0 Å². The Morgan fingerprint density at radius 1 is 1.29 bits per heavy atom. The van der Waals surface area contributed by atoms with E-state index < -0.39 is 5.97 Å². The summed E-state index contributed by atoms with van der Waals surface area (Å²) >= 11 is 0. The van der Waals surface area contributed by atoms with Crippen LogP contribution in [-0.4, -0.2) is 40.2 Å². The highest BCUT2D eigenvalue weighted by molar-refractivity contribution is 5.85. The van der Waals surface area contributed by atoms with Crippen LogP contribution in [0.25, 0.3) is 17.3 Å². The number of piperidine rings is 1. The summed E-state index contributed by atoms with van der Waals surface area (Å²) in [5, 5.41) is 8.74. The van der Waals surface area contributed by atoms with E-state index in [9.17, 15) is 4.79 Å². The van der Waals surface area contributed by atoms with Crippen molar-refractivity contribution in [3.05, 3.63) is 48.3 Å². The number of hydrogen-bond acceptors (Lipinski definition) is 5. The predicted molar refractivity (Wildman–Crippen MR) is 93.6 cm³/mol.